The van der Waals surface area contributed by atoms with E-state index >= 15 is 0 Å². The van der Waals surface area contributed by atoms with Gasteiger partial charge in [-0.15, -0.1) is 0 Å². The lowest BCUT2D eigenvalue weighted by atomic mass is 10.1. The molecule has 0 aromatic heterocycles. The van der Waals surface area contributed by atoms with Gasteiger partial charge in [-0.1, -0.05) is 12.1 Å². The van der Waals surface area contributed by atoms with Crippen molar-refractivity contribution >= 4 is 35.4 Å². The minimum Gasteiger partial charge on any atom is -0.478 e. The fraction of sp³-hybridized carbons (Fsp3) is 0.286. The minimum atomic E-state index is -0.976. The Bertz CT molecular complexity index is 490. The minimum absolute atomic E-state index is 0.0684. The Morgan fingerprint density at radius 1 is 1.32 bits per heavy atom. The van der Waals surface area contributed by atoms with Gasteiger partial charge in [0, 0.05) is 23.4 Å². The first-order valence-corrected chi connectivity index (χ1v) is 7.20. The summed E-state index contributed by atoms with van der Waals surface area (Å²) in [6, 6.07) is 7.11. The lowest BCUT2D eigenvalue weighted by Crippen LogP contribution is -2.22. The van der Waals surface area contributed by atoms with E-state index in [0.717, 1.165) is 35.3 Å². The van der Waals surface area contributed by atoms with Gasteiger partial charge in [0.15, 0.2) is 0 Å². The number of hydrogen-bond acceptors (Lipinski definition) is 3. The van der Waals surface area contributed by atoms with E-state index < -0.39 is 5.97 Å². The predicted octanol–water partition coefficient (Wildman–Crippen LogP) is 2.48. The van der Waals surface area contributed by atoms with Gasteiger partial charge >= 0.3 is 5.97 Å². The van der Waals surface area contributed by atoms with Crippen molar-refractivity contribution < 1.29 is 14.7 Å². The number of thioether (sulfide) groups is 1. The lowest BCUT2D eigenvalue weighted by Gasteiger charge is -2.09. The molecule has 1 aromatic rings. The SMILES string of the molecule is O=C(O)/C=C/c1ccc(NC(=O)C2CCSC2)cc1. The second-order valence-corrected chi connectivity index (χ2v) is 5.49. The van der Waals surface area contributed by atoms with Gasteiger partial charge in [-0.3, -0.25) is 4.79 Å². The fourth-order valence-corrected chi connectivity index (χ4v) is 3.05. The van der Waals surface area contributed by atoms with Crippen LogP contribution in [0.15, 0.2) is 30.3 Å². The van der Waals surface area contributed by atoms with Crippen molar-refractivity contribution in [2.75, 3.05) is 16.8 Å². The molecule has 100 valence electrons. The fourth-order valence-electron chi connectivity index (χ4n) is 1.83. The van der Waals surface area contributed by atoms with E-state index in [1.54, 1.807) is 24.3 Å². The van der Waals surface area contributed by atoms with Crippen molar-refractivity contribution in [3.8, 4) is 0 Å². The van der Waals surface area contributed by atoms with Crippen LogP contribution in [0.2, 0.25) is 0 Å². The van der Waals surface area contributed by atoms with Gasteiger partial charge in [0.05, 0.1) is 0 Å². The summed E-state index contributed by atoms with van der Waals surface area (Å²) in [5.74, 6) is 1.15. The lowest BCUT2D eigenvalue weighted by molar-refractivity contribution is -0.131. The molecule has 1 saturated heterocycles. The first-order chi connectivity index (χ1) is 9.15. The molecule has 2 rings (SSSR count). The number of anilines is 1. The summed E-state index contributed by atoms with van der Waals surface area (Å²) in [6.45, 7) is 0. The first-order valence-electron chi connectivity index (χ1n) is 6.05. The topological polar surface area (TPSA) is 66.4 Å². The smallest absolute Gasteiger partial charge is 0.328 e. The molecular weight excluding hydrogens is 262 g/mol. The van der Waals surface area contributed by atoms with Crippen LogP contribution in [0.25, 0.3) is 6.08 Å². The third kappa shape index (κ3) is 4.13. The van der Waals surface area contributed by atoms with E-state index in [-0.39, 0.29) is 11.8 Å². The summed E-state index contributed by atoms with van der Waals surface area (Å²) in [4.78, 5) is 22.3. The van der Waals surface area contributed by atoms with Gasteiger partial charge < -0.3 is 10.4 Å². The number of carboxylic acids is 1. The van der Waals surface area contributed by atoms with Crippen molar-refractivity contribution in [1.29, 1.82) is 0 Å². The molecule has 2 N–H and O–H groups in total. The third-order valence-electron chi connectivity index (χ3n) is 2.90. The van der Waals surface area contributed by atoms with Gasteiger partial charge in [0.25, 0.3) is 0 Å². The van der Waals surface area contributed by atoms with Crippen LogP contribution in [0.1, 0.15) is 12.0 Å². The maximum atomic E-state index is 11.9. The summed E-state index contributed by atoms with van der Waals surface area (Å²) in [6.07, 6.45) is 3.54. The summed E-state index contributed by atoms with van der Waals surface area (Å²) < 4.78 is 0. The van der Waals surface area contributed by atoms with Crippen LogP contribution in [-0.2, 0) is 9.59 Å². The number of amides is 1. The number of carbonyl (C=O) groups is 2. The van der Waals surface area contributed by atoms with Crippen molar-refractivity contribution in [3.63, 3.8) is 0 Å². The van der Waals surface area contributed by atoms with E-state index in [9.17, 15) is 9.59 Å². The number of aliphatic carboxylic acids is 1. The highest BCUT2D eigenvalue weighted by atomic mass is 32.2. The van der Waals surface area contributed by atoms with Gasteiger partial charge in [0.2, 0.25) is 5.91 Å². The predicted molar refractivity (Wildman–Crippen MR) is 77.2 cm³/mol. The van der Waals surface area contributed by atoms with Crippen LogP contribution in [0.4, 0.5) is 5.69 Å². The normalized spacial score (nSPS) is 18.6. The van der Waals surface area contributed by atoms with Crippen LogP contribution >= 0.6 is 11.8 Å². The molecule has 1 atom stereocenters. The molecule has 1 aliphatic heterocycles. The highest BCUT2D eigenvalue weighted by molar-refractivity contribution is 7.99. The summed E-state index contributed by atoms with van der Waals surface area (Å²) in [5.41, 5.74) is 1.53. The Morgan fingerprint density at radius 2 is 2.05 bits per heavy atom. The van der Waals surface area contributed by atoms with Crippen LogP contribution in [0.3, 0.4) is 0 Å². The monoisotopic (exact) mass is 277 g/mol. The van der Waals surface area contributed by atoms with Crippen LogP contribution in [0, 0.1) is 5.92 Å². The number of hydrogen-bond donors (Lipinski definition) is 2. The van der Waals surface area contributed by atoms with Crippen molar-refractivity contribution in [2.24, 2.45) is 5.92 Å². The number of carbonyl (C=O) groups excluding carboxylic acids is 1. The van der Waals surface area contributed by atoms with Crippen molar-refractivity contribution in [3.05, 3.63) is 35.9 Å². The molecule has 0 spiro atoms. The average Bonchev–Trinajstić information content (AvgIpc) is 2.92. The van der Waals surface area contributed by atoms with Crippen LogP contribution in [0.5, 0.6) is 0 Å². The van der Waals surface area contributed by atoms with Gasteiger partial charge in [0.1, 0.15) is 0 Å². The van der Waals surface area contributed by atoms with E-state index in [0.29, 0.717) is 0 Å². The van der Waals surface area contributed by atoms with E-state index in [1.165, 1.54) is 6.08 Å². The molecule has 1 unspecified atom stereocenters. The third-order valence-corrected chi connectivity index (χ3v) is 4.06. The Morgan fingerprint density at radius 3 is 2.63 bits per heavy atom. The maximum absolute atomic E-state index is 11.9. The number of carboxylic acid groups (broad SMARTS) is 1. The number of benzene rings is 1. The standard InChI is InChI=1S/C14H15NO3S/c16-13(17)6-3-10-1-4-12(5-2-10)15-14(18)11-7-8-19-9-11/h1-6,11H,7-9H2,(H,15,18)(H,16,17)/b6-3+. The Kier molecular flexibility index (Phi) is 4.63. The molecule has 0 saturated carbocycles. The second kappa shape index (κ2) is 6.43. The number of rotatable bonds is 4. The Labute approximate surface area is 115 Å². The largest absolute Gasteiger partial charge is 0.478 e. The Hall–Kier alpha value is -1.75. The average molecular weight is 277 g/mol. The molecule has 1 amide bonds. The van der Waals surface area contributed by atoms with Crippen LogP contribution < -0.4 is 5.32 Å². The first kappa shape index (κ1) is 13.7. The molecule has 19 heavy (non-hydrogen) atoms. The molecule has 4 nitrogen and oxygen atoms in total. The van der Waals surface area contributed by atoms with Crippen molar-refractivity contribution in [1.82, 2.24) is 0 Å². The maximum Gasteiger partial charge on any atom is 0.328 e. The molecule has 1 aromatic carbocycles. The summed E-state index contributed by atoms with van der Waals surface area (Å²) >= 11 is 1.81. The molecule has 0 bridgehead atoms. The zero-order valence-electron chi connectivity index (χ0n) is 10.3. The summed E-state index contributed by atoms with van der Waals surface area (Å²) in [5, 5.41) is 11.4. The zero-order chi connectivity index (χ0) is 13.7. The highest BCUT2D eigenvalue weighted by Gasteiger charge is 2.22. The zero-order valence-corrected chi connectivity index (χ0v) is 11.2. The molecule has 5 heteroatoms. The van der Waals surface area contributed by atoms with E-state index in [1.807, 2.05) is 11.8 Å². The van der Waals surface area contributed by atoms with Crippen LogP contribution in [-0.4, -0.2) is 28.5 Å². The van der Waals surface area contributed by atoms with E-state index in [4.69, 9.17) is 5.11 Å². The molecule has 0 aliphatic carbocycles. The summed E-state index contributed by atoms with van der Waals surface area (Å²) in [7, 11) is 0. The number of nitrogens with one attached hydrogen (secondary N) is 1. The highest BCUT2D eigenvalue weighted by Crippen LogP contribution is 2.24. The van der Waals surface area contributed by atoms with Gasteiger partial charge in [-0.25, -0.2) is 4.79 Å². The quantitative estimate of drug-likeness (QED) is 0.830. The molecule has 1 fully saturated rings. The molecular formula is C14H15NO3S. The van der Waals surface area contributed by atoms with E-state index in [2.05, 4.69) is 5.32 Å². The van der Waals surface area contributed by atoms with Gasteiger partial charge in [-0.2, -0.15) is 11.8 Å². The molecule has 1 aliphatic rings. The molecule has 1 heterocycles. The van der Waals surface area contributed by atoms with Crippen molar-refractivity contribution in [2.45, 2.75) is 6.42 Å². The Balaban J connectivity index is 1.94. The second-order valence-electron chi connectivity index (χ2n) is 4.34. The molecule has 0 radical (unpaired) electrons. The van der Waals surface area contributed by atoms with Gasteiger partial charge in [-0.05, 0) is 35.9 Å².